The number of carbonyl (C=O) groups is 1. The first kappa shape index (κ1) is 48.8. The normalized spacial score (nSPS) is 11.8. The summed E-state index contributed by atoms with van der Waals surface area (Å²) >= 11 is 0. The topological polar surface area (TPSA) is 151 Å². The predicted molar refractivity (Wildman–Crippen MR) is 195 cm³/mol. The van der Waals surface area contributed by atoms with E-state index < -0.39 is 21.6 Å². The molecule has 0 aliphatic carbocycles. The van der Waals surface area contributed by atoms with Crippen molar-refractivity contribution in [3.8, 4) is 0 Å². The third-order valence-corrected chi connectivity index (χ3v) is 9.42. The van der Waals surface area contributed by atoms with Gasteiger partial charge in [0.05, 0.1) is 6.61 Å². The molecule has 0 radical (unpaired) electrons. The lowest BCUT2D eigenvalue weighted by Gasteiger charge is -2.05. The standard InChI is InChI=1S/C18H37O5P.C18H39O4P/c1-2-3-4-5-6-7-8-9-10-11-12-13-14-15-16-17-18(19)23-24(20,21)22;1-2-3-4-5-6-7-8-9-10-11-12-13-14-15-16-17-18-22-23(19,20)21/h2-17H2,1H3,(H2,20,21,22);2-18H2,1H3,(H2,19,20,21). The highest BCUT2D eigenvalue weighted by molar-refractivity contribution is 7.47. The van der Waals surface area contributed by atoms with Crippen LogP contribution in [0.25, 0.3) is 0 Å². The highest BCUT2D eigenvalue weighted by Crippen LogP contribution is 2.36. The van der Waals surface area contributed by atoms with Crippen molar-refractivity contribution in [1.82, 2.24) is 0 Å². The van der Waals surface area contributed by atoms with E-state index in [1.54, 1.807) is 0 Å². The van der Waals surface area contributed by atoms with E-state index in [0.29, 0.717) is 6.42 Å². The predicted octanol–water partition coefficient (Wildman–Crippen LogP) is 12.2. The van der Waals surface area contributed by atoms with Crippen LogP contribution < -0.4 is 0 Å². The van der Waals surface area contributed by atoms with Crippen LogP contribution in [0.4, 0.5) is 0 Å². The molecule has 0 aromatic rings. The van der Waals surface area contributed by atoms with Gasteiger partial charge in [-0.05, 0) is 12.8 Å². The maximum Gasteiger partial charge on any atom is 0.526 e. The molecule has 0 heterocycles. The molecule has 0 unspecified atom stereocenters. The average molecular weight is 715 g/mol. The minimum atomic E-state index is -4.66. The smallest absolute Gasteiger partial charge is 0.371 e. The Labute approximate surface area is 289 Å². The maximum atomic E-state index is 11.1. The van der Waals surface area contributed by atoms with Crippen molar-refractivity contribution in [3.05, 3.63) is 0 Å². The largest absolute Gasteiger partial charge is 0.526 e. The third kappa shape index (κ3) is 50.2. The molecule has 0 saturated heterocycles. The van der Waals surface area contributed by atoms with E-state index in [4.69, 9.17) is 19.6 Å². The number of unbranched alkanes of at least 4 members (excludes halogenated alkanes) is 29. The van der Waals surface area contributed by atoms with Gasteiger partial charge in [-0.3, -0.25) is 19.1 Å². The summed E-state index contributed by atoms with van der Waals surface area (Å²) in [5.74, 6) is -0.807. The van der Waals surface area contributed by atoms with Crippen molar-refractivity contribution >= 4 is 21.6 Å². The zero-order chi connectivity index (χ0) is 35.3. The second-order valence-corrected chi connectivity index (χ2v) is 15.7. The quantitative estimate of drug-likeness (QED) is 0.0371. The van der Waals surface area contributed by atoms with E-state index in [9.17, 15) is 13.9 Å². The van der Waals surface area contributed by atoms with Gasteiger partial charge < -0.3 is 14.3 Å². The first-order valence-corrected chi connectivity index (χ1v) is 22.6. The third-order valence-electron chi connectivity index (χ3n) is 8.46. The number of hydrogen-bond acceptors (Lipinski definition) is 5. The summed E-state index contributed by atoms with van der Waals surface area (Å²) in [5, 5.41) is 0. The number of phosphoric acid groups is 2. The van der Waals surface area contributed by atoms with E-state index in [0.717, 1.165) is 32.1 Å². The van der Waals surface area contributed by atoms with Crippen LogP contribution in [-0.4, -0.2) is 32.1 Å². The van der Waals surface area contributed by atoms with E-state index in [-0.39, 0.29) is 13.0 Å². The molecule has 0 spiro atoms. The van der Waals surface area contributed by atoms with Gasteiger partial charge in [-0.25, -0.2) is 9.13 Å². The van der Waals surface area contributed by atoms with Gasteiger partial charge in [0.2, 0.25) is 0 Å². The molecule has 0 bridgehead atoms. The molecule has 9 nitrogen and oxygen atoms in total. The van der Waals surface area contributed by atoms with E-state index in [2.05, 4.69) is 22.9 Å². The summed E-state index contributed by atoms with van der Waals surface area (Å²) in [6, 6.07) is 0. The number of hydrogen-bond donors (Lipinski definition) is 4. The number of carbonyl (C=O) groups excluding carboxylic acids is 1. The van der Waals surface area contributed by atoms with Crippen molar-refractivity contribution in [3.63, 3.8) is 0 Å². The molecule has 0 aliphatic heterocycles. The average Bonchev–Trinajstić information content (AvgIpc) is 2.99. The fourth-order valence-electron chi connectivity index (χ4n) is 5.65. The number of phosphoric ester groups is 2. The van der Waals surface area contributed by atoms with Crippen LogP contribution in [0.3, 0.4) is 0 Å². The molecule has 0 fully saturated rings. The fraction of sp³-hybridized carbons (Fsp3) is 0.972. The van der Waals surface area contributed by atoms with E-state index in [1.165, 1.54) is 161 Å². The fourth-order valence-corrected chi connectivity index (χ4v) is 6.38. The number of rotatable bonds is 35. The monoisotopic (exact) mass is 714 g/mol. The van der Waals surface area contributed by atoms with Gasteiger partial charge in [0, 0.05) is 6.42 Å². The van der Waals surface area contributed by atoms with Gasteiger partial charge in [-0.1, -0.05) is 200 Å². The van der Waals surface area contributed by atoms with Crippen molar-refractivity contribution in [1.29, 1.82) is 0 Å². The molecule has 0 amide bonds. The van der Waals surface area contributed by atoms with Gasteiger partial charge in [0.1, 0.15) is 0 Å². The molecule has 284 valence electrons. The Hall–Kier alpha value is -0.270. The molecule has 0 saturated carbocycles. The van der Waals surface area contributed by atoms with Gasteiger partial charge in [0.15, 0.2) is 0 Å². The molecule has 0 rings (SSSR count). The molecule has 11 heteroatoms. The minimum Gasteiger partial charge on any atom is -0.371 e. The lowest BCUT2D eigenvalue weighted by molar-refractivity contribution is -0.135. The highest BCUT2D eigenvalue weighted by Gasteiger charge is 2.19. The van der Waals surface area contributed by atoms with E-state index >= 15 is 0 Å². The summed E-state index contributed by atoms with van der Waals surface area (Å²) in [4.78, 5) is 45.1. The first-order valence-electron chi connectivity index (χ1n) is 19.5. The molecule has 47 heavy (non-hydrogen) atoms. The van der Waals surface area contributed by atoms with Crippen molar-refractivity contribution < 1.29 is 42.5 Å². The Kier molecular flexibility index (Phi) is 38.4. The van der Waals surface area contributed by atoms with Crippen molar-refractivity contribution in [2.75, 3.05) is 6.61 Å². The van der Waals surface area contributed by atoms with Gasteiger partial charge >= 0.3 is 21.6 Å². The second-order valence-electron chi connectivity index (χ2n) is 13.3. The van der Waals surface area contributed by atoms with Crippen LogP contribution in [0.15, 0.2) is 0 Å². The summed E-state index contributed by atoms with van der Waals surface area (Å²) in [7, 11) is -8.92. The lowest BCUT2D eigenvalue weighted by Crippen LogP contribution is -2.01. The molecular weight excluding hydrogens is 638 g/mol. The molecule has 4 N–H and O–H groups in total. The van der Waals surface area contributed by atoms with Crippen LogP contribution in [-0.2, 0) is 23.0 Å². The Bertz CT molecular complexity index is 740. The second kappa shape index (κ2) is 37.0. The summed E-state index contributed by atoms with van der Waals surface area (Å²) in [6.45, 7) is 4.68. The molecule has 0 atom stereocenters. The van der Waals surface area contributed by atoms with Crippen LogP contribution in [0, 0.1) is 0 Å². The Morgan fingerprint density at radius 1 is 0.404 bits per heavy atom. The lowest BCUT2D eigenvalue weighted by atomic mass is 10.0. The van der Waals surface area contributed by atoms with Crippen LogP contribution in [0.5, 0.6) is 0 Å². The summed E-state index contributed by atoms with van der Waals surface area (Å²) in [6.07, 6.45) is 39.4. The molecule has 0 aromatic heterocycles. The zero-order valence-electron chi connectivity index (χ0n) is 30.6. The Morgan fingerprint density at radius 2 is 0.660 bits per heavy atom. The zero-order valence-corrected chi connectivity index (χ0v) is 32.3. The van der Waals surface area contributed by atoms with Crippen molar-refractivity contribution in [2.45, 2.75) is 219 Å². The maximum absolute atomic E-state index is 11.1. The van der Waals surface area contributed by atoms with Gasteiger partial charge in [0.25, 0.3) is 0 Å². The van der Waals surface area contributed by atoms with E-state index in [1.807, 2.05) is 0 Å². The van der Waals surface area contributed by atoms with Crippen LogP contribution in [0.1, 0.15) is 219 Å². The summed E-state index contributed by atoms with van der Waals surface area (Å²) < 4.78 is 29.3. The summed E-state index contributed by atoms with van der Waals surface area (Å²) in [5.41, 5.74) is 0. The molecular formula is C36H76O9P2. The highest BCUT2D eigenvalue weighted by atomic mass is 31.2. The van der Waals surface area contributed by atoms with Gasteiger partial charge in [-0.2, -0.15) is 0 Å². The van der Waals surface area contributed by atoms with Crippen LogP contribution in [0.2, 0.25) is 0 Å². The Morgan fingerprint density at radius 3 is 0.915 bits per heavy atom. The van der Waals surface area contributed by atoms with Gasteiger partial charge in [-0.15, -0.1) is 0 Å². The van der Waals surface area contributed by atoms with Crippen LogP contribution >= 0.6 is 15.6 Å². The minimum absolute atomic E-state index is 0.0867. The van der Waals surface area contributed by atoms with Crippen molar-refractivity contribution in [2.24, 2.45) is 0 Å². The molecule has 0 aliphatic rings. The Balaban J connectivity index is 0. The molecule has 0 aromatic carbocycles. The SMILES string of the molecule is CCCCCCCCCCCCCCCCCC(=O)OP(=O)(O)O.CCCCCCCCCCCCCCCCCCOP(=O)(O)O. The first-order chi connectivity index (χ1) is 22.5.